The van der Waals surface area contributed by atoms with E-state index in [4.69, 9.17) is 16.3 Å². The van der Waals surface area contributed by atoms with Crippen molar-refractivity contribution in [3.05, 3.63) is 93.0 Å². The van der Waals surface area contributed by atoms with Gasteiger partial charge < -0.3 is 20.7 Å². The van der Waals surface area contributed by atoms with E-state index in [1.54, 1.807) is 48.5 Å². The van der Waals surface area contributed by atoms with E-state index >= 15 is 0 Å². The number of hydrogen-bond donors (Lipinski definition) is 3. The number of benzene rings is 3. The molecule has 0 heterocycles. The molecular weight excluding hydrogens is 448 g/mol. The Morgan fingerprint density at radius 2 is 1.70 bits per heavy atom. The van der Waals surface area contributed by atoms with E-state index in [0.717, 1.165) is 0 Å². The number of halogens is 1. The second kappa shape index (κ2) is 11.1. The van der Waals surface area contributed by atoms with Gasteiger partial charge in [-0.2, -0.15) is 0 Å². The predicted octanol–water partition coefficient (Wildman–Crippen LogP) is 4.81. The van der Waals surface area contributed by atoms with E-state index in [-0.39, 0.29) is 28.2 Å². The highest BCUT2D eigenvalue weighted by atomic mass is 35.5. The van der Waals surface area contributed by atoms with Crippen molar-refractivity contribution in [2.45, 2.75) is 0 Å². The normalized spacial score (nSPS) is 10.4. The SMILES string of the molecule is COCCNc1ccc(C(=O)Nc2ccccc2C(=O)Nc2ccc(Cl)cc2)cc1[N+](=O)[O-]. The fourth-order valence-electron chi connectivity index (χ4n) is 2.98. The maximum atomic E-state index is 12.8. The molecule has 0 bridgehead atoms. The molecule has 170 valence electrons. The Hall–Kier alpha value is -3.95. The molecule has 9 nitrogen and oxygen atoms in total. The molecule has 0 saturated carbocycles. The summed E-state index contributed by atoms with van der Waals surface area (Å²) in [5.41, 5.74) is 1.14. The number of carbonyl (C=O) groups excluding carboxylic acids is 2. The van der Waals surface area contributed by atoms with Gasteiger partial charge in [0.2, 0.25) is 0 Å². The van der Waals surface area contributed by atoms with Crippen LogP contribution in [0.3, 0.4) is 0 Å². The minimum atomic E-state index is -0.590. The van der Waals surface area contributed by atoms with Crippen molar-refractivity contribution >= 4 is 46.2 Å². The van der Waals surface area contributed by atoms with Crippen molar-refractivity contribution in [3.63, 3.8) is 0 Å². The van der Waals surface area contributed by atoms with Crippen LogP contribution in [0.4, 0.5) is 22.7 Å². The number of nitrogens with one attached hydrogen (secondary N) is 3. The number of rotatable bonds is 9. The molecule has 2 amide bonds. The van der Waals surface area contributed by atoms with Crippen LogP contribution >= 0.6 is 11.6 Å². The largest absolute Gasteiger partial charge is 0.383 e. The zero-order valence-electron chi connectivity index (χ0n) is 17.6. The molecule has 3 aromatic rings. The lowest BCUT2D eigenvalue weighted by Gasteiger charge is -2.12. The second-order valence-electron chi connectivity index (χ2n) is 6.87. The Balaban J connectivity index is 1.79. The van der Waals surface area contributed by atoms with E-state index < -0.39 is 16.7 Å². The Labute approximate surface area is 194 Å². The molecular formula is C23H21ClN4O5. The molecule has 0 unspecified atom stereocenters. The molecule has 3 rings (SSSR count). The van der Waals surface area contributed by atoms with Gasteiger partial charge in [-0.25, -0.2) is 0 Å². The van der Waals surface area contributed by atoms with Gasteiger partial charge in [0.25, 0.3) is 17.5 Å². The highest BCUT2D eigenvalue weighted by molar-refractivity contribution is 6.30. The first-order valence-electron chi connectivity index (χ1n) is 9.87. The van der Waals surface area contributed by atoms with Gasteiger partial charge >= 0.3 is 0 Å². The Morgan fingerprint density at radius 1 is 0.970 bits per heavy atom. The molecule has 0 aliphatic carbocycles. The van der Waals surface area contributed by atoms with Gasteiger partial charge in [0.1, 0.15) is 5.69 Å². The number of anilines is 3. The highest BCUT2D eigenvalue weighted by Gasteiger charge is 2.19. The van der Waals surface area contributed by atoms with Gasteiger partial charge in [-0.3, -0.25) is 19.7 Å². The standard InChI is InChI=1S/C23H21ClN4O5/c1-33-13-12-25-20-11-6-15(14-21(20)28(31)32)22(29)27-19-5-3-2-4-18(19)23(30)26-17-9-7-16(24)8-10-17/h2-11,14,25H,12-13H2,1H3,(H,26,30)(H,27,29). The summed E-state index contributed by atoms with van der Waals surface area (Å²) < 4.78 is 4.93. The molecule has 0 aliphatic rings. The maximum absolute atomic E-state index is 12.8. The van der Waals surface area contributed by atoms with Crippen molar-refractivity contribution < 1.29 is 19.2 Å². The Morgan fingerprint density at radius 3 is 2.39 bits per heavy atom. The first-order valence-corrected chi connectivity index (χ1v) is 10.3. The van der Waals surface area contributed by atoms with Gasteiger partial charge in [0.05, 0.1) is 22.8 Å². The summed E-state index contributed by atoms with van der Waals surface area (Å²) >= 11 is 5.87. The van der Waals surface area contributed by atoms with Gasteiger partial charge in [-0.05, 0) is 48.5 Å². The van der Waals surface area contributed by atoms with Crippen molar-refractivity contribution in [3.8, 4) is 0 Å². The third-order valence-electron chi connectivity index (χ3n) is 4.60. The average Bonchev–Trinajstić information content (AvgIpc) is 2.81. The monoisotopic (exact) mass is 468 g/mol. The quantitative estimate of drug-likeness (QED) is 0.235. The minimum Gasteiger partial charge on any atom is -0.383 e. The third kappa shape index (κ3) is 6.28. The van der Waals surface area contributed by atoms with Crippen LogP contribution < -0.4 is 16.0 Å². The highest BCUT2D eigenvalue weighted by Crippen LogP contribution is 2.26. The first-order chi connectivity index (χ1) is 15.9. The summed E-state index contributed by atoms with van der Waals surface area (Å²) in [6, 6.07) is 17.2. The van der Waals surface area contributed by atoms with E-state index in [1.165, 1.54) is 25.3 Å². The zero-order chi connectivity index (χ0) is 23.8. The number of methoxy groups -OCH3 is 1. The molecule has 0 aromatic heterocycles. The number of para-hydroxylation sites is 1. The molecule has 3 aromatic carbocycles. The summed E-state index contributed by atoms with van der Waals surface area (Å²) in [5.74, 6) is -1.02. The molecule has 0 fully saturated rings. The lowest BCUT2D eigenvalue weighted by Crippen LogP contribution is -2.18. The first kappa shape index (κ1) is 23.7. The number of nitro benzene ring substituents is 1. The van der Waals surface area contributed by atoms with Crippen molar-refractivity contribution in [1.82, 2.24) is 0 Å². The fourth-order valence-corrected chi connectivity index (χ4v) is 3.10. The number of carbonyl (C=O) groups is 2. The number of nitrogens with zero attached hydrogens (tertiary/aromatic N) is 1. The molecule has 0 atom stereocenters. The number of amides is 2. The molecule has 0 radical (unpaired) electrons. The van der Waals surface area contributed by atoms with Crippen LogP contribution in [0.15, 0.2) is 66.7 Å². The summed E-state index contributed by atoms with van der Waals surface area (Å²) in [7, 11) is 1.52. The summed E-state index contributed by atoms with van der Waals surface area (Å²) in [4.78, 5) is 36.5. The third-order valence-corrected chi connectivity index (χ3v) is 4.85. The minimum absolute atomic E-state index is 0.0758. The molecule has 0 spiro atoms. The van der Waals surface area contributed by atoms with Gasteiger partial charge in [-0.1, -0.05) is 23.7 Å². The van der Waals surface area contributed by atoms with E-state index in [2.05, 4.69) is 16.0 Å². The van der Waals surface area contributed by atoms with Crippen molar-refractivity contribution in [1.29, 1.82) is 0 Å². The molecule has 0 aliphatic heterocycles. The van der Waals surface area contributed by atoms with Crippen molar-refractivity contribution in [2.24, 2.45) is 0 Å². The summed E-state index contributed by atoms with van der Waals surface area (Å²) in [6.07, 6.45) is 0. The summed E-state index contributed by atoms with van der Waals surface area (Å²) in [5, 5.41) is 20.3. The van der Waals surface area contributed by atoms with Crippen LogP contribution in [-0.2, 0) is 4.74 Å². The molecule has 0 saturated heterocycles. The van der Waals surface area contributed by atoms with E-state index in [9.17, 15) is 19.7 Å². The van der Waals surface area contributed by atoms with Gasteiger partial charge in [-0.15, -0.1) is 0 Å². The molecule has 33 heavy (non-hydrogen) atoms. The Kier molecular flexibility index (Phi) is 7.96. The predicted molar refractivity (Wildman–Crippen MR) is 127 cm³/mol. The topological polar surface area (TPSA) is 123 Å². The van der Waals surface area contributed by atoms with Crippen LogP contribution in [0.2, 0.25) is 5.02 Å². The van der Waals surface area contributed by atoms with Crippen molar-refractivity contribution in [2.75, 3.05) is 36.2 Å². The van der Waals surface area contributed by atoms with Gasteiger partial charge in [0.15, 0.2) is 0 Å². The number of ether oxygens (including phenoxy) is 1. The maximum Gasteiger partial charge on any atom is 0.293 e. The number of hydrogen-bond acceptors (Lipinski definition) is 6. The average molecular weight is 469 g/mol. The van der Waals surface area contributed by atoms with E-state index in [1.807, 2.05) is 0 Å². The Bertz CT molecular complexity index is 1170. The lowest BCUT2D eigenvalue weighted by atomic mass is 10.1. The molecule has 10 heteroatoms. The van der Waals surface area contributed by atoms with Crippen LogP contribution in [0, 0.1) is 10.1 Å². The van der Waals surface area contributed by atoms with Crippen LogP contribution in [0.5, 0.6) is 0 Å². The van der Waals surface area contributed by atoms with Crippen LogP contribution in [0.1, 0.15) is 20.7 Å². The zero-order valence-corrected chi connectivity index (χ0v) is 18.4. The fraction of sp³-hybridized carbons (Fsp3) is 0.130. The van der Waals surface area contributed by atoms with Gasteiger partial charge in [0, 0.05) is 36.0 Å². The summed E-state index contributed by atoms with van der Waals surface area (Å²) in [6.45, 7) is 0.743. The van der Waals surface area contributed by atoms with Crippen LogP contribution in [-0.4, -0.2) is 37.0 Å². The number of nitro groups is 1. The molecule has 3 N–H and O–H groups in total. The van der Waals surface area contributed by atoms with Crippen LogP contribution in [0.25, 0.3) is 0 Å². The second-order valence-corrected chi connectivity index (χ2v) is 7.31. The van der Waals surface area contributed by atoms with E-state index in [0.29, 0.717) is 23.9 Å². The smallest absolute Gasteiger partial charge is 0.293 e. The lowest BCUT2D eigenvalue weighted by molar-refractivity contribution is -0.384.